The lowest BCUT2D eigenvalue weighted by Crippen LogP contribution is -2.38. The van der Waals surface area contributed by atoms with Gasteiger partial charge in [0.1, 0.15) is 21.9 Å². The molecule has 1 atom stereocenters. The number of aromatic nitrogens is 2. The third-order valence-corrected chi connectivity index (χ3v) is 11.5. The quantitative estimate of drug-likeness (QED) is 0.179. The first kappa shape index (κ1) is 30.4. The number of carbonyl (C=O) groups excluding carboxylic acids is 1. The van der Waals surface area contributed by atoms with Gasteiger partial charge < -0.3 is 10.1 Å². The normalized spacial score (nSPS) is 16.8. The first-order chi connectivity index (χ1) is 23.2. The molecular formula is C38H36FN5O3S. The zero-order chi connectivity index (χ0) is 33.1. The molecule has 4 aromatic carbocycles. The first-order valence-electron chi connectivity index (χ1n) is 16.3. The highest BCUT2D eigenvalue weighted by atomic mass is 32.2. The number of nitrogens with one attached hydrogen (secondary N) is 2. The van der Waals surface area contributed by atoms with E-state index in [1.165, 1.54) is 6.20 Å². The number of amides is 2. The minimum absolute atomic E-state index is 0.137. The summed E-state index contributed by atoms with van der Waals surface area (Å²) >= 11 is 0. The average molecular weight is 662 g/mol. The molecule has 244 valence electrons. The van der Waals surface area contributed by atoms with Crippen molar-refractivity contribution < 1.29 is 18.1 Å². The van der Waals surface area contributed by atoms with Crippen molar-refractivity contribution in [2.75, 3.05) is 5.32 Å². The highest BCUT2D eigenvalue weighted by Gasteiger charge is 2.42. The van der Waals surface area contributed by atoms with Crippen LogP contribution in [0.3, 0.4) is 0 Å². The molecule has 48 heavy (non-hydrogen) atoms. The van der Waals surface area contributed by atoms with E-state index in [9.17, 15) is 4.79 Å². The Kier molecular flexibility index (Phi) is 7.17. The second-order valence-corrected chi connectivity index (χ2v) is 15.2. The van der Waals surface area contributed by atoms with E-state index in [-0.39, 0.29) is 10.7 Å². The maximum absolute atomic E-state index is 15.9. The van der Waals surface area contributed by atoms with Gasteiger partial charge in [0.25, 0.3) is 0 Å². The van der Waals surface area contributed by atoms with Crippen LogP contribution in [0, 0.1) is 5.82 Å². The van der Waals surface area contributed by atoms with Crippen LogP contribution in [0.25, 0.3) is 0 Å². The van der Waals surface area contributed by atoms with Gasteiger partial charge in [-0.05, 0) is 84.9 Å². The monoisotopic (exact) mass is 661 g/mol. The first-order valence-corrected chi connectivity index (χ1v) is 17.8. The van der Waals surface area contributed by atoms with Gasteiger partial charge >= 0.3 is 6.03 Å². The van der Waals surface area contributed by atoms with Gasteiger partial charge in [0.2, 0.25) is 5.88 Å². The van der Waals surface area contributed by atoms with Crippen molar-refractivity contribution in [2.24, 2.45) is 4.36 Å². The Labute approximate surface area is 279 Å². The van der Waals surface area contributed by atoms with Gasteiger partial charge in [-0.25, -0.2) is 22.8 Å². The van der Waals surface area contributed by atoms with E-state index in [4.69, 9.17) is 9.10 Å². The molecule has 0 saturated heterocycles. The molecule has 1 aromatic heterocycles. The third kappa shape index (κ3) is 4.89. The summed E-state index contributed by atoms with van der Waals surface area (Å²) in [6.45, 7) is 4.30. The summed E-state index contributed by atoms with van der Waals surface area (Å²) in [5.41, 5.74) is 3.98. The maximum Gasteiger partial charge on any atom is 0.331 e. The number of rotatable bonds is 7. The molecule has 10 heteroatoms. The molecule has 1 aliphatic heterocycles. The topological polar surface area (TPSA) is 97.6 Å². The van der Waals surface area contributed by atoms with Crippen molar-refractivity contribution in [2.45, 2.75) is 68.5 Å². The van der Waals surface area contributed by atoms with Crippen molar-refractivity contribution in [1.29, 1.82) is 0 Å². The van der Waals surface area contributed by atoms with Crippen LogP contribution in [0.5, 0.6) is 5.88 Å². The minimum Gasteiger partial charge on any atom is -0.469 e. The summed E-state index contributed by atoms with van der Waals surface area (Å²) in [5.74, 6) is 0.158. The molecule has 8 rings (SSSR count). The van der Waals surface area contributed by atoms with Crippen LogP contribution in [0.4, 0.5) is 14.9 Å². The number of halogens is 1. The van der Waals surface area contributed by atoms with Crippen molar-refractivity contribution in [3.63, 3.8) is 0 Å². The minimum atomic E-state index is -3.87. The Morgan fingerprint density at radius 2 is 1.38 bits per heavy atom. The Bertz CT molecular complexity index is 2080. The summed E-state index contributed by atoms with van der Waals surface area (Å²) in [6, 6.07) is 28.3. The molecule has 0 spiro atoms. The molecule has 0 bridgehead atoms. The number of fused-ring (bicyclic) bond motifs is 3. The number of urea groups is 1. The zero-order valence-corrected chi connectivity index (χ0v) is 27.6. The zero-order valence-electron chi connectivity index (χ0n) is 26.8. The molecule has 1 unspecified atom stereocenters. The summed E-state index contributed by atoms with van der Waals surface area (Å²) < 4.78 is 47.2. The molecule has 3 aliphatic rings. The van der Waals surface area contributed by atoms with E-state index in [1.807, 2.05) is 105 Å². The van der Waals surface area contributed by atoms with E-state index in [0.29, 0.717) is 54.9 Å². The number of hydrogen-bond donors (Lipinski definition) is 2. The molecule has 0 fully saturated rings. The van der Waals surface area contributed by atoms with E-state index in [1.54, 1.807) is 4.68 Å². The molecular weight excluding hydrogens is 626 g/mol. The van der Waals surface area contributed by atoms with E-state index in [2.05, 4.69) is 15.1 Å². The fourth-order valence-corrected chi connectivity index (χ4v) is 9.20. The highest BCUT2D eigenvalue weighted by Crippen LogP contribution is 2.45. The maximum atomic E-state index is 15.9. The third-order valence-electron chi connectivity index (χ3n) is 9.61. The number of nitrogens with zero attached hydrogens (tertiary/aromatic N) is 3. The lowest BCUT2D eigenvalue weighted by molar-refractivity contribution is 0.132. The highest BCUT2D eigenvalue weighted by molar-refractivity contribution is 7.92. The second-order valence-electron chi connectivity index (χ2n) is 13.3. The van der Waals surface area contributed by atoms with Crippen molar-refractivity contribution in [1.82, 2.24) is 14.5 Å². The molecule has 8 nitrogen and oxygen atoms in total. The van der Waals surface area contributed by atoms with Crippen LogP contribution < -0.4 is 14.8 Å². The van der Waals surface area contributed by atoms with Gasteiger partial charge in [0.15, 0.2) is 9.92 Å². The summed E-state index contributed by atoms with van der Waals surface area (Å²) in [4.78, 5) is 14.4. The molecule has 5 aromatic rings. The fourth-order valence-electron chi connectivity index (χ4n) is 7.37. The Balaban J connectivity index is 1.35. The van der Waals surface area contributed by atoms with Crippen LogP contribution in [0.15, 0.2) is 106 Å². The molecule has 2 N–H and O–H groups in total. The smallest absolute Gasteiger partial charge is 0.331 e. The van der Waals surface area contributed by atoms with Crippen LogP contribution in [0.1, 0.15) is 59.2 Å². The molecule has 2 amide bonds. The SMILES string of the molecule is CC1(C)Cn2ncc(S(=O)(=NC(c3ccccc3)(c3ccccc3)c3ccccc3)NC(=O)Nc3c4c(c(F)c5c3CC5)CCC4)c2O1. The molecule has 2 heterocycles. The van der Waals surface area contributed by atoms with Gasteiger partial charge in [0, 0.05) is 5.69 Å². The van der Waals surface area contributed by atoms with Gasteiger partial charge in [-0.2, -0.15) is 9.46 Å². The summed E-state index contributed by atoms with van der Waals surface area (Å²) in [6.07, 6.45) is 4.92. The molecule has 2 aliphatic carbocycles. The average Bonchev–Trinajstić information content (AvgIpc) is 3.78. The number of anilines is 1. The Morgan fingerprint density at radius 3 is 1.94 bits per heavy atom. The van der Waals surface area contributed by atoms with Crippen LogP contribution in [0.2, 0.25) is 0 Å². The van der Waals surface area contributed by atoms with Crippen LogP contribution in [-0.2, 0) is 47.7 Å². The standard InChI is InChI=1S/C38H36FN5O3S/c1-37(2)24-44-35(47-37)32(23-40-44)48(46,42-36(45)41-34-30-20-12-19-28(30)33(39)29-21-22-31(29)34)43-38(25-13-6-3-7-14-25,26-15-8-4-9-16-26)27-17-10-5-11-18-27/h3-11,13-18,23H,12,19-22,24H2,1-2H3,(H2,41,42,43,45,46). The fraction of sp³-hybridized carbons (Fsp3) is 0.263. The number of hydrogen-bond acceptors (Lipinski definition) is 5. The van der Waals surface area contributed by atoms with E-state index in [0.717, 1.165) is 34.2 Å². The number of carbonyl (C=O) groups is 1. The second kappa shape index (κ2) is 11.3. The number of benzene rings is 4. The van der Waals surface area contributed by atoms with Crippen LogP contribution in [-0.4, -0.2) is 25.6 Å². The lowest BCUT2D eigenvalue weighted by atomic mass is 9.78. The Morgan fingerprint density at radius 1 is 0.854 bits per heavy atom. The van der Waals surface area contributed by atoms with Crippen molar-refractivity contribution in [3.8, 4) is 5.88 Å². The van der Waals surface area contributed by atoms with E-state index >= 15 is 8.60 Å². The molecule has 0 saturated carbocycles. The number of ether oxygens (including phenoxy) is 1. The van der Waals surface area contributed by atoms with Crippen LogP contribution >= 0.6 is 0 Å². The summed E-state index contributed by atoms with van der Waals surface area (Å²) in [7, 11) is -3.87. The predicted molar refractivity (Wildman–Crippen MR) is 183 cm³/mol. The largest absolute Gasteiger partial charge is 0.469 e. The lowest BCUT2D eigenvalue weighted by Gasteiger charge is -2.33. The van der Waals surface area contributed by atoms with Crippen molar-refractivity contribution in [3.05, 3.63) is 142 Å². The van der Waals surface area contributed by atoms with Crippen molar-refractivity contribution >= 4 is 21.6 Å². The van der Waals surface area contributed by atoms with Gasteiger partial charge in [0.05, 0.1) is 12.7 Å². The summed E-state index contributed by atoms with van der Waals surface area (Å²) in [5, 5.41) is 7.54. The van der Waals surface area contributed by atoms with Gasteiger partial charge in [-0.1, -0.05) is 91.0 Å². The predicted octanol–water partition coefficient (Wildman–Crippen LogP) is 7.34. The Hall–Kier alpha value is -4.96. The van der Waals surface area contributed by atoms with E-state index < -0.39 is 27.1 Å². The van der Waals surface area contributed by atoms with Gasteiger partial charge in [-0.3, -0.25) is 0 Å². The molecule has 0 radical (unpaired) electrons. The van der Waals surface area contributed by atoms with Gasteiger partial charge in [-0.15, -0.1) is 0 Å².